The van der Waals surface area contributed by atoms with Crippen LogP contribution >= 0.6 is 0 Å². The van der Waals surface area contributed by atoms with Crippen molar-refractivity contribution in [2.24, 2.45) is 0 Å². The number of hydrogen-bond acceptors (Lipinski definition) is 4. The van der Waals surface area contributed by atoms with Gasteiger partial charge in [-0.25, -0.2) is 4.98 Å². The highest BCUT2D eigenvalue weighted by Crippen LogP contribution is 2.17. The van der Waals surface area contributed by atoms with E-state index in [-0.39, 0.29) is 0 Å². The molecule has 2 heterocycles. The van der Waals surface area contributed by atoms with Crippen molar-refractivity contribution in [1.82, 2.24) is 15.2 Å². The van der Waals surface area contributed by atoms with Gasteiger partial charge in [-0.1, -0.05) is 12.1 Å². The van der Waals surface area contributed by atoms with Crippen molar-refractivity contribution in [1.29, 1.82) is 0 Å². The van der Waals surface area contributed by atoms with Crippen LogP contribution in [0.2, 0.25) is 0 Å². The molecule has 1 aromatic carbocycles. The van der Waals surface area contributed by atoms with Crippen molar-refractivity contribution >= 4 is 11.1 Å². The third-order valence-electron chi connectivity index (χ3n) is 3.62. The maximum atomic E-state index is 5.76. The van der Waals surface area contributed by atoms with Crippen LogP contribution in [0.1, 0.15) is 18.7 Å². The molecule has 1 fully saturated rings. The van der Waals surface area contributed by atoms with E-state index in [0.29, 0.717) is 6.04 Å². The number of likely N-dealkylation sites (N-methyl/N-ethyl adjacent to an activating group) is 1. The third kappa shape index (κ3) is 2.40. The van der Waals surface area contributed by atoms with Crippen molar-refractivity contribution in [2.75, 3.05) is 20.1 Å². The first kappa shape index (κ1) is 11.7. The fourth-order valence-electron chi connectivity index (χ4n) is 2.54. The molecule has 1 saturated heterocycles. The summed E-state index contributed by atoms with van der Waals surface area (Å²) in [4.78, 5) is 6.85. The lowest BCUT2D eigenvalue weighted by Gasteiger charge is -2.30. The van der Waals surface area contributed by atoms with Crippen LogP contribution in [-0.2, 0) is 6.54 Å². The molecule has 2 aromatic rings. The van der Waals surface area contributed by atoms with E-state index in [0.717, 1.165) is 36.6 Å². The minimum Gasteiger partial charge on any atom is -0.439 e. The van der Waals surface area contributed by atoms with Crippen LogP contribution in [0.15, 0.2) is 28.7 Å². The first-order valence-electron chi connectivity index (χ1n) is 6.58. The number of para-hydroxylation sites is 2. The van der Waals surface area contributed by atoms with Gasteiger partial charge >= 0.3 is 0 Å². The number of benzene rings is 1. The standard InChI is InChI=1S/C14H19N3O/c1-17(11-5-4-8-15-9-11)10-14-16-12-6-2-3-7-13(12)18-14/h2-3,6-7,11,15H,4-5,8-10H2,1H3. The number of fused-ring (bicyclic) bond motifs is 1. The molecule has 4 nitrogen and oxygen atoms in total. The van der Waals surface area contributed by atoms with E-state index in [1.807, 2.05) is 24.3 Å². The highest BCUT2D eigenvalue weighted by molar-refractivity contribution is 5.72. The number of aromatic nitrogens is 1. The summed E-state index contributed by atoms with van der Waals surface area (Å²) in [6, 6.07) is 8.52. The van der Waals surface area contributed by atoms with Crippen molar-refractivity contribution in [3.63, 3.8) is 0 Å². The Bertz CT molecular complexity index is 483. The summed E-state index contributed by atoms with van der Waals surface area (Å²) in [6.07, 6.45) is 2.51. The fraction of sp³-hybridized carbons (Fsp3) is 0.500. The summed E-state index contributed by atoms with van der Waals surface area (Å²) in [5, 5.41) is 3.44. The Labute approximate surface area is 107 Å². The summed E-state index contributed by atoms with van der Waals surface area (Å²) < 4.78 is 5.76. The summed E-state index contributed by atoms with van der Waals surface area (Å²) in [7, 11) is 2.15. The Morgan fingerprint density at radius 3 is 3.11 bits per heavy atom. The predicted molar refractivity (Wildman–Crippen MR) is 71.4 cm³/mol. The van der Waals surface area contributed by atoms with Crippen molar-refractivity contribution < 1.29 is 4.42 Å². The van der Waals surface area contributed by atoms with Gasteiger partial charge in [-0.15, -0.1) is 0 Å². The highest BCUT2D eigenvalue weighted by Gasteiger charge is 2.19. The monoisotopic (exact) mass is 245 g/mol. The van der Waals surface area contributed by atoms with Gasteiger partial charge in [-0.2, -0.15) is 0 Å². The minimum absolute atomic E-state index is 0.591. The summed E-state index contributed by atoms with van der Waals surface area (Å²) >= 11 is 0. The average molecular weight is 245 g/mol. The molecule has 4 heteroatoms. The number of rotatable bonds is 3. The summed E-state index contributed by atoms with van der Waals surface area (Å²) in [5.74, 6) is 0.810. The quantitative estimate of drug-likeness (QED) is 0.898. The Hall–Kier alpha value is -1.39. The SMILES string of the molecule is CN(Cc1nc2ccccc2o1)C1CCCNC1. The molecule has 0 radical (unpaired) electrons. The Morgan fingerprint density at radius 2 is 2.33 bits per heavy atom. The second kappa shape index (κ2) is 5.08. The van der Waals surface area contributed by atoms with Crippen LogP contribution in [0.4, 0.5) is 0 Å². The number of oxazole rings is 1. The molecule has 1 aliphatic heterocycles. The molecule has 1 N–H and O–H groups in total. The Morgan fingerprint density at radius 1 is 1.44 bits per heavy atom. The van der Waals surface area contributed by atoms with Crippen LogP contribution < -0.4 is 5.32 Å². The smallest absolute Gasteiger partial charge is 0.209 e. The maximum Gasteiger partial charge on any atom is 0.209 e. The predicted octanol–water partition coefficient (Wildman–Crippen LogP) is 2.01. The van der Waals surface area contributed by atoms with E-state index >= 15 is 0 Å². The van der Waals surface area contributed by atoms with Gasteiger partial charge in [0.2, 0.25) is 5.89 Å². The van der Waals surface area contributed by atoms with Gasteiger partial charge in [0, 0.05) is 12.6 Å². The Kier molecular flexibility index (Phi) is 3.30. The van der Waals surface area contributed by atoms with E-state index < -0.39 is 0 Å². The van der Waals surface area contributed by atoms with Gasteiger partial charge in [-0.3, -0.25) is 4.90 Å². The Balaban J connectivity index is 1.71. The maximum absolute atomic E-state index is 5.76. The zero-order valence-corrected chi connectivity index (χ0v) is 10.7. The highest BCUT2D eigenvalue weighted by atomic mass is 16.3. The number of hydrogen-bond donors (Lipinski definition) is 1. The van der Waals surface area contributed by atoms with Crippen LogP contribution in [-0.4, -0.2) is 36.1 Å². The fourth-order valence-corrected chi connectivity index (χ4v) is 2.54. The van der Waals surface area contributed by atoms with Gasteiger partial charge in [0.05, 0.1) is 6.54 Å². The lowest BCUT2D eigenvalue weighted by molar-refractivity contribution is 0.182. The molecule has 0 saturated carbocycles. The molecule has 1 atom stereocenters. The van der Waals surface area contributed by atoms with Crippen molar-refractivity contribution in [3.8, 4) is 0 Å². The number of nitrogens with one attached hydrogen (secondary N) is 1. The lowest BCUT2D eigenvalue weighted by atomic mass is 10.1. The van der Waals surface area contributed by atoms with Gasteiger partial charge in [-0.05, 0) is 38.6 Å². The minimum atomic E-state index is 0.591. The molecule has 0 amide bonds. The van der Waals surface area contributed by atoms with Gasteiger partial charge in [0.25, 0.3) is 0 Å². The van der Waals surface area contributed by atoms with E-state index in [1.54, 1.807) is 0 Å². The molecule has 3 rings (SSSR count). The zero-order chi connectivity index (χ0) is 12.4. The van der Waals surface area contributed by atoms with Crippen molar-refractivity contribution in [2.45, 2.75) is 25.4 Å². The third-order valence-corrected chi connectivity index (χ3v) is 3.62. The lowest BCUT2D eigenvalue weighted by Crippen LogP contribution is -2.43. The number of piperidine rings is 1. The summed E-state index contributed by atoms with van der Waals surface area (Å²) in [5.41, 5.74) is 1.82. The van der Waals surface area contributed by atoms with E-state index in [2.05, 4.69) is 22.2 Å². The van der Waals surface area contributed by atoms with Gasteiger partial charge in [0.15, 0.2) is 5.58 Å². The number of nitrogens with zero attached hydrogens (tertiary/aromatic N) is 2. The van der Waals surface area contributed by atoms with Crippen LogP contribution in [0.25, 0.3) is 11.1 Å². The molecule has 0 aliphatic carbocycles. The van der Waals surface area contributed by atoms with Crippen molar-refractivity contribution in [3.05, 3.63) is 30.2 Å². The van der Waals surface area contributed by atoms with E-state index in [9.17, 15) is 0 Å². The van der Waals surface area contributed by atoms with Crippen LogP contribution in [0.3, 0.4) is 0 Å². The van der Waals surface area contributed by atoms with Crippen LogP contribution in [0, 0.1) is 0 Å². The molecular formula is C14H19N3O. The zero-order valence-electron chi connectivity index (χ0n) is 10.7. The molecule has 96 valence electrons. The second-order valence-electron chi connectivity index (χ2n) is 4.99. The molecular weight excluding hydrogens is 226 g/mol. The molecule has 0 bridgehead atoms. The van der Waals surface area contributed by atoms with Gasteiger partial charge in [0.1, 0.15) is 5.52 Å². The van der Waals surface area contributed by atoms with Crippen LogP contribution in [0.5, 0.6) is 0 Å². The molecule has 1 unspecified atom stereocenters. The second-order valence-corrected chi connectivity index (χ2v) is 4.99. The normalized spacial score (nSPS) is 20.7. The first-order chi connectivity index (χ1) is 8.83. The summed E-state index contributed by atoms with van der Waals surface area (Å²) in [6.45, 7) is 2.99. The largest absolute Gasteiger partial charge is 0.439 e. The van der Waals surface area contributed by atoms with E-state index in [4.69, 9.17) is 4.42 Å². The van der Waals surface area contributed by atoms with E-state index in [1.165, 1.54) is 12.8 Å². The first-order valence-corrected chi connectivity index (χ1v) is 6.58. The van der Waals surface area contributed by atoms with Gasteiger partial charge < -0.3 is 9.73 Å². The molecule has 18 heavy (non-hydrogen) atoms. The topological polar surface area (TPSA) is 41.3 Å². The molecule has 1 aromatic heterocycles. The molecule has 1 aliphatic rings. The average Bonchev–Trinajstić information content (AvgIpc) is 2.82. The molecule has 0 spiro atoms.